The van der Waals surface area contributed by atoms with Crippen LogP contribution in [-0.2, 0) is 11.3 Å². The summed E-state index contributed by atoms with van der Waals surface area (Å²) in [7, 11) is 0. The molecule has 0 heterocycles. The summed E-state index contributed by atoms with van der Waals surface area (Å²) in [6.07, 6.45) is 0.386. The summed E-state index contributed by atoms with van der Waals surface area (Å²) in [5.74, 6) is 5.73. The van der Waals surface area contributed by atoms with Crippen LogP contribution in [-0.4, -0.2) is 16.0 Å². The highest BCUT2D eigenvalue weighted by atomic mass is 16.3. The highest BCUT2D eigenvalue weighted by Gasteiger charge is 2.19. The minimum Gasteiger partial charge on any atom is -0.508 e. The van der Waals surface area contributed by atoms with E-state index in [1.807, 2.05) is 20.8 Å². The molecule has 0 aliphatic carbocycles. The minimum atomic E-state index is -0.124. The van der Waals surface area contributed by atoms with Crippen LogP contribution in [0.25, 0.3) is 0 Å². The predicted octanol–water partition coefficient (Wildman–Crippen LogP) is 2.03. The van der Waals surface area contributed by atoms with Gasteiger partial charge < -0.3 is 5.11 Å². The van der Waals surface area contributed by atoms with Gasteiger partial charge in [0.2, 0.25) is 5.91 Å². The largest absolute Gasteiger partial charge is 0.508 e. The zero-order chi connectivity index (χ0) is 13.1. The average Bonchev–Trinajstić information content (AvgIpc) is 2.18. The maximum atomic E-state index is 11.8. The highest BCUT2D eigenvalue weighted by Crippen LogP contribution is 2.21. The summed E-state index contributed by atoms with van der Waals surface area (Å²) in [6, 6.07) is 6.87. The van der Waals surface area contributed by atoms with Crippen LogP contribution < -0.4 is 5.84 Å². The van der Waals surface area contributed by atoms with E-state index in [-0.39, 0.29) is 23.6 Å². The second kappa shape index (κ2) is 5.19. The van der Waals surface area contributed by atoms with E-state index in [0.29, 0.717) is 12.0 Å². The number of carbonyl (C=O) groups excluding carboxylic acids is 1. The number of rotatable bonds is 3. The van der Waals surface area contributed by atoms with Crippen LogP contribution >= 0.6 is 0 Å². The molecule has 0 bridgehead atoms. The molecule has 4 nitrogen and oxygen atoms in total. The summed E-state index contributed by atoms with van der Waals surface area (Å²) in [4.78, 5) is 11.8. The van der Waals surface area contributed by atoms with Crippen molar-refractivity contribution in [2.24, 2.45) is 11.3 Å². The number of phenols is 1. The van der Waals surface area contributed by atoms with Gasteiger partial charge >= 0.3 is 0 Å². The maximum Gasteiger partial charge on any atom is 0.237 e. The quantitative estimate of drug-likeness (QED) is 0.479. The molecular formula is C13H20N2O2. The number of benzene rings is 1. The van der Waals surface area contributed by atoms with Gasteiger partial charge in [0.1, 0.15) is 5.75 Å². The summed E-state index contributed by atoms with van der Waals surface area (Å²) in [5.41, 5.74) is 0.560. The van der Waals surface area contributed by atoms with Crippen molar-refractivity contribution in [3.8, 4) is 5.75 Å². The Bertz CT molecular complexity index is 397. The summed E-state index contributed by atoms with van der Waals surface area (Å²) in [6.45, 7) is 6.18. The van der Waals surface area contributed by atoms with Crippen LogP contribution in [0.3, 0.4) is 0 Å². The highest BCUT2D eigenvalue weighted by molar-refractivity contribution is 5.76. The zero-order valence-electron chi connectivity index (χ0n) is 10.6. The predicted molar refractivity (Wildman–Crippen MR) is 66.9 cm³/mol. The molecule has 0 aromatic heterocycles. The van der Waals surface area contributed by atoms with Crippen molar-refractivity contribution in [1.29, 1.82) is 0 Å². The zero-order valence-corrected chi connectivity index (χ0v) is 10.6. The van der Waals surface area contributed by atoms with E-state index in [9.17, 15) is 9.90 Å². The molecule has 0 atom stereocenters. The molecular weight excluding hydrogens is 216 g/mol. The van der Waals surface area contributed by atoms with Crippen LogP contribution in [0, 0.1) is 5.41 Å². The summed E-state index contributed by atoms with van der Waals surface area (Å²) >= 11 is 0. The van der Waals surface area contributed by atoms with Crippen molar-refractivity contribution in [3.63, 3.8) is 0 Å². The molecule has 4 heteroatoms. The van der Waals surface area contributed by atoms with Crippen molar-refractivity contribution >= 4 is 5.91 Å². The Morgan fingerprint density at radius 1 is 1.35 bits per heavy atom. The number of para-hydroxylation sites is 1. The van der Waals surface area contributed by atoms with Crippen LogP contribution in [0.5, 0.6) is 5.75 Å². The van der Waals surface area contributed by atoms with Gasteiger partial charge in [0.05, 0.1) is 6.54 Å². The number of hydrogen-bond acceptors (Lipinski definition) is 3. The molecule has 0 saturated carbocycles. The van der Waals surface area contributed by atoms with E-state index in [4.69, 9.17) is 5.84 Å². The smallest absolute Gasteiger partial charge is 0.237 e. The Labute approximate surface area is 102 Å². The van der Waals surface area contributed by atoms with Crippen LogP contribution in [0.2, 0.25) is 0 Å². The van der Waals surface area contributed by atoms with E-state index < -0.39 is 0 Å². The number of nitrogens with two attached hydrogens (primary N) is 1. The average molecular weight is 236 g/mol. The molecule has 0 fully saturated rings. The second-order valence-electron chi connectivity index (χ2n) is 5.39. The number of hydrogen-bond donors (Lipinski definition) is 2. The first-order valence-electron chi connectivity index (χ1n) is 5.61. The third kappa shape index (κ3) is 4.44. The third-order valence-electron chi connectivity index (χ3n) is 2.33. The van der Waals surface area contributed by atoms with Gasteiger partial charge in [-0.1, -0.05) is 39.0 Å². The van der Waals surface area contributed by atoms with E-state index in [2.05, 4.69) is 0 Å². The lowest BCUT2D eigenvalue weighted by atomic mass is 9.92. The van der Waals surface area contributed by atoms with Gasteiger partial charge in [0, 0.05) is 12.0 Å². The maximum absolute atomic E-state index is 11.8. The van der Waals surface area contributed by atoms with E-state index >= 15 is 0 Å². The van der Waals surface area contributed by atoms with Gasteiger partial charge in [-0.25, -0.2) is 5.84 Å². The lowest BCUT2D eigenvalue weighted by molar-refractivity contribution is -0.134. The Kier molecular flexibility index (Phi) is 4.12. The van der Waals surface area contributed by atoms with Gasteiger partial charge in [-0.3, -0.25) is 9.80 Å². The summed E-state index contributed by atoms with van der Waals surface area (Å²) in [5, 5.41) is 10.7. The number of amides is 1. The van der Waals surface area contributed by atoms with Crippen LogP contribution in [0.15, 0.2) is 24.3 Å². The first kappa shape index (κ1) is 13.5. The minimum absolute atomic E-state index is 0.0898. The van der Waals surface area contributed by atoms with Crippen molar-refractivity contribution in [3.05, 3.63) is 29.8 Å². The molecule has 17 heavy (non-hydrogen) atoms. The normalized spacial score (nSPS) is 11.3. The molecule has 0 unspecified atom stereocenters. The molecule has 0 radical (unpaired) electrons. The Morgan fingerprint density at radius 2 is 1.94 bits per heavy atom. The first-order valence-corrected chi connectivity index (χ1v) is 5.61. The van der Waals surface area contributed by atoms with Gasteiger partial charge in [0.15, 0.2) is 0 Å². The monoisotopic (exact) mass is 236 g/mol. The van der Waals surface area contributed by atoms with E-state index in [0.717, 1.165) is 5.01 Å². The van der Waals surface area contributed by atoms with Crippen molar-refractivity contribution in [2.75, 3.05) is 0 Å². The van der Waals surface area contributed by atoms with E-state index in [1.165, 1.54) is 0 Å². The fraction of sp³-hybridized carbons (Fsp3) is 0.462. The lowest BCUT2D eigenvalue weighted by Crippen LogP contribution is -2.38. The molecule has 94 valence electrons. The topological polar surface area (TPSA) is 66.6 Å². The first-order chi connectivity index (χ1) is 7.79. The standard InChI is InChI=1S/C13H20N2O2/c1-13(2,3)8-12(17)15(14)9-10-6-4-5-7-11(10)16/h4-7,16H,8-9,14H2,1-3H3. The molecule has 1 amide bonds. The van der Waals surface area contributed by atoms with Crippen LogP contribution in [0.4, 0.5) is 0 Å². The molecule has 0 saturated heterocycles. The Hall–Kier alpha value is -1.55. The fourth-order valence-electron chi connectivity index (χ4n) is 1.47. The fourth-order valence-corrected chi connectivity index (χ4v) is 1.47. The molecule has 0 spiro atoms. The number of aromatic hydroxyl groups is 1. The Balaban J connectivity index is 2.64. The second-order valence-corrected chi connectivity index (χ2v) is 5.39. The molecule has 0 aliphatic rings. The van der Waals surface area contributed by atoms with Crippen molar-refractivity contribution < 1.29 is 9.90 Å². The SMILES string of the molecule is CC(C)(C)CC(=O)N(N)Cc1ccccc1O. The number of hydrazine groups is 1. The lowest BCUT2D eigenvalue weighted by Gasteiger charge is -2.23. The molecule has 1 aromatic carbocycles. The van der Waals surface area contributed by atoms with Gasteiger partial charge in [0.25, 0.3) is 0 Å². The van der Waals surface area contributed by atoms with Crippen LogP contribution in [0.1, 0.15) is 32.8 Å². The molecule has 1 rings (SSSR count). The number of phenolic OH excluding ortho intramolecular Hbond substituents is 1. The number of carbonyl (C=O) groups is 1. The van der Waals surface area contributed by atoms with Gasteiger partial charge in [-0.2, -0.15) is 0 Å². The van der Waals surface area contributed by atoms with Crippen molar-refractivity contribution in [1.82, 2.24) is 5.01 Å². The molecule has 1 aromatic rings. The van der Waals surface area contributed by atoms with Gasteiger partial charge in [-0.05, 0) is 11.5 Å². The van der Waals surface area contributed by atoms with Gasteiger partial charge in [-0.15, -0.1) is 0 Å². The summed E-state index contributed by atoms with van der Waals surface area (Å²) < 4.78 is 0. The van der Waals surface area contributed by atoms with E-state index in [1.54, 1.807) is 24.3 Å². The van der Waals surface area contributed by atoms with Crippen molar-refractivity contribution in [2.45, 2.75) is 33.7 Å². The third-order valence-corrected chi connectivity index (χ3v) is 2.33. The molecule has 3 N–H and O–H groups in total. The molecule has 0 aliphatic heterocycles. The number of nitrogens with zero attached hydrogens (tertiary/aromatic N) is 1. The Morgan fingerprint density at radius 3 is 2.47 bits per heavy atom.